The summed E-state index contributed by atoms with van der Waals surface area (Å²) >= 11 is 0. The van der Waals surface area contributed by atoms with E-state index in [1.165, 1.54) is 6.07 Å². The molecule has 3 heterocycles. The van der Waals surface area contributed by atoms with Gasteiger partial charge in [-0.15, -0.1) is 0 Å². The molecule has 0 unspecified atom stereocenters. The van der Waals surface area contributed by atoms with E-state index in [2.05, 4.69) is 10.1 Å². The van der Waals surface area contributed by atoms with E-state index in [1.54, 1.807) is 33.8 Å². The Morgan fingerprint density at radius 2 is 2.06 bits per heavy atom. The minimum absolute atomic E-state index is 0.0275. The molecule has 0 aliphatic carbocycles. The predicted octanol–water partition coefficient (Wildman–Crippen LogP) is 1.12. The van der Waals surface area contributed by atoms with Crippen molar-refractivity contribution < 1.29 is 0 Å². The Balaban J connectivity index is 2.38. The molecule has 0 spiro atoms. The zero-order valence-corrected chi connectivity index (χ0v) is 9.24. The first-order chi connectivity index (χ1) is 8.25. The van der Waals surface area contributed by atoms with E-state index in [0.29, 0.717) is 11.0 Å². The van der Waals surface area contributed by atoms with Gasteiger partial charge in [0.2, 0.25) is 0 Å². The Morgan fingerprint density at radius 1 is 1.18 bits per heavy atom. The summed E-state index contributed by atoms with van der Waals surface area (Å²) in [7, 11) is 1.85. The van der Waals surface area contributed by atoms with Gasteiger partial charge in [-0.2, -0.15) is 5.10 Å². The predicted molar refractivity (Wildman–Crippen MR) is 64.1 cm³/mol. The Morgan fingerprint density at radius 3 is 2.82 bits per heavy atom. The summed E-state index contributed by atoms with van der Waals surface area (Å²) in [5.74, 6) is 0.746. The smallest absolute Gasteiger partial charge is 0.191 e. The van der Waals surface area contributed by atoms with Crippen molar-refractivity contribution in [3.8, 4) is 5.82 Å². The van der Waals surface area contributed by atoms with Gasteiger partial charge in [-0.1, -0.05) is 0 Å². The Labute approximate surface area is 97.0 Å². The minimum atomic E-state index is -0.0275. The van der Waals surface area contributed by atoms with Crippen LogP contribution in [0.1, 0.15) is 0 Å². The first-order valence-electron chi connectivity index (χ1n) is 5.22. The number of hydrogen-bond acceptors (Lipinski definition) is 3. The molecule has 84 valence electrons. The lowest BCUT2D eigenvalue weighted by atomic mass is 10.3. The zero-order chi connectivity index (χ0) is 11.8. The highest BCUT2D eigenvalue weighted by atomic mass is 16.1. The van der Waals surface area contributed by atoms with Gasteiger partial charge < -0.3 is 0 Å². The molecule has 0 aliphatic rings. The van der Waals surface area contributed by atoms with Gasteiger partial charge in [0.05, 0.1) is 5.39 Å². The van der Waals surface area contributed by atoms with Gasteiger partial charge in [-0.25, -0.2) is 4.98 Å². The fourth-order valence-corrected chi connectivity index (χ4v) is 1.80. The van der Waals surface area contributed by atoms with Crippen LogP contribution in [-0.4, -0.2) is 19.3 Å². The van der Waals surface area contributed by atoms with Crippen LogP contribution < -0.4 is 5.43 Å². The minimum Gasteiger partial charge on any atom is -0.289 e. The number of aromatic nitrogens is 4. The number of rotatable bonds is 1. The van der Waals surface area contributed by atoms with Gasteiger partial charge in [-0.3, -0.25) is 14.0 Å². The molecule has 0 fully saturated rings. The van der Waals surface area contributed by atoms with Gasteiger partial charge in [-0.05, 0) is 12.1 Å². The monoisotopic (exact) mass is 226 g/mol. The summed E-state index contributed by atoms with van der Waals surface area (Å²) in [4.78, 5) is 15.9. The third kappa shape index (κ3) is 1.52. The van der Waals surface area contributed by atoms with Crippen molar-refractivity contribution in [3.63, 3.8) is 0 Å². The molecule has 3 aromatic heterocycles. The molecule has 0 N–H and O–H groups in total. The number of fused-ring (bicyclic) bond motifs is 1. The summed E-state index contributed by atoms with van der Waals surface area (Å²) in [5, 5.41) is 4.90. The number of pyridine rings is 2. The molecule has 0 atom stereocenters. The summed E-state index contributed by atoms with van der Waals surface area (Å²) in [6.07, 6.45) is 5.21. The molecule has 3 rings (SSSR count). The first-order valence-corrected chi connectivity index (χ1v) is 5.22. The zero-order valence-electron chi connectivity index (χ0n) is 9.24. The topological polar surface area (TPSA) is 52.7 Å². The summed E-state index contributed by atoms with van der Waals surface area (Å²) in [6.45, 7) is 0. The van der Waals surface area contributed by atoms with Crippen LogP contribution >= 0.6 is 0 Å². The summed E-state index contributed by atoms with van der Waals surface area (Å²) < 4.78 is 3.51. The van der Waals surface area contributed by atoms with Gasteiger partial charge >= 0.3 is 0 Å². The lowest BCUT2D eigenvalue weighted by molar-refractivity contribution is 0.752. The standard InChI is InChI=1S/C12H10N4O/c1-15-7-5-11(14-15)16-8-4-10(17)9-3-2-6-13-12(9)16/h2-8H,1H3. The Kier molecular flexibility index (Phi) is 2.04. The third-order valence-corrected chi connectivity index (χ3v) is 2.60. The maximum atomic E-state index is 11.7. The van der Waals surface area contributed by atoms with Gasteiger partial charge in [0.15, 0.2) is 11.2 Å². The van der Waals surface area contributed by atoms with Crippen LogP contribution in [0.4, 0.5) is 0 Å². The third-order valence-electron chi connectivity index (χ3n) is 2.60. The fraction of sp³-hybridized carbons (Fsp3) is 0.0833. The SMILES string of the molecule is Cn1ccc(-n2ccc(=O)c3cccnc32)n1. The second kappa shape index (κ2) is 3.55. The molecule has 0 radical (unpaired) electrons. The lowest BCUT2D eigenvalue weighted by Crippen LogP contribution is -2.08. The molecule has 0 bridgehead atoms. The van der Waals surface area contributed by atoms with E-state index < -0.39 is 0 Å². The molecule has 0 amide bonds. The fourth-order valence-electron chi connectivity index (χ4n) is 1.80. The molecule has 5 nitrogen and oxygen atoms in total. The van der Waals surface area contributed by atoms with Gasteiger partial charge in [0.25, 0.3) is 0 Å². The highest BCUT2D eigenvalue weighted by Crippen LogP contribution is 2.11. The molecule has 0 saturated carbocycles. The number of hydrogen-bond donors (Lipinski definition) is 0. The number of nitrogens with zero attached hydrogens (tertiary/aromatic N) is 4. The van der Waals surface area contributed by atoms with E-state index in [-0.39, 0.29) is 5.43 Å². The summed E-state index contributed by atoms with van der Waals surface area (Å²) in [6, 6.07) is 6.92. The van der Waals surface area contributed by atoms with Crippen molar-refractivity contribution in [2.24, 2.45) is 7.05 Å². The molecule has 0 saturated heterocycles. The Bertz CT molecular complexity index is 741. The van der Waals surface area contributed by atoms with Crippen molar-refractivity contribution >= 4 is 11.0 Å². The van der Waals surface area contributed by atoms with E-state index in [0.717, 1.165) is 5.82 Å². The second-order valence-electron chi connectivity index (χ2n) is 3.77. The first kappa shape index (κ1) is 9.77. The van der Waals surface area contributed by atoms with E-state index in [1.807, 2.05) is 19.3 Å². The van der Waals surface area contributed by atoms with Gasteiger partial charge in [0.1, 0.15) is 5.65 Å². The molecule has 3 aromatic rings. The van der Waals surface area contributed by atoms with Crippen LogP contribution in [0.5, 0.6) is 0 Å². The van der Waals surface area contributed by atoms with Gasteiger partial charge in [0, 0.05) is 37.8 Å². The molecular weight excluding hydrogens is 216 g/mol. The van der Waals surface area contributed by atoms with Crippen LogP contribution in [0.3, 0.4) is 0 Å². The molecule has 0 aromatic carbocycles. The molecule has 0 aliphatic heterocycles. The summed E-state index contributed by atoms with van der Waals surface area (Å²) in [5.41, 5.74) is 0.596. The second-order valence-corrected chi connectivity index (χ2v) is 3.77. The van der Waals surface area contributed by atoms with Crippen molar-refractivity contribution in [1.29, 1.82) is 0 Å². The van der Waals surface area contributed by atoms with Crippen LogP contribution in [0.15, 0.2) is 47.7 Å². The van der Waals surface area contributed by atoms with Crippen molar-refractivity contribution in [2.75, 3.05) is 0 Å². The van der Waals surface area contributed by atoms with E-state index in [4.69, 9.17) is 0 Å². The van der Waals surface area contributed by atoms with Crippen LogP contribution in [0.25, 0.3) is 16.9 Å². The largest absolute Gasteiger partial charge is 0.289 e. The maximum Gasteiger partial charge on any atom is 0.191 e. The molecule has 17 heavy (non-hydrogen) atoms. The average Bonchev–Trinajstić information content (AvgIpc) is 2.77. The van der Waals surface area contributed by atoms with E-state index >= 15 is 0 Å². The highest BCUT2D eigenvalue weighted by molar-refractivity contribution is 5.75. The van der Waals surface area contributed by atoms with Crippen molar-refractivity contribution in [2.45, 2.75) is 0 Å². The van der Waals surface area contributed by atoms with E-state index in [9.17, 15) is 4.79 Å². The normalized spacial score (nSPS) is 10.9. The van der Waals surface area contributed by atoms with Crippen molar-refractivity contribution in [3.05, 3.63) is 53.1 Å². The molecule has 5 heteroatoms. The highest BCUT2D eigenvalue weighted by Gasteiger charge is 2.06. The van der Waals surface area contributed by atoms with Crippen LogP contribution in [-0.2, 0) is 7.05 Å². The number of aryl methyl sites for hydroxylation is 1. The maximum absolute atomic E-state index is 11.7. The van der Waals surface area contributed by atoms with Crippen molar-refractivity contribution in [1.82, 2.24) is 19.3 Å². The average molecular weight is 226 g/mol. The molecular formula is C12H10N4O. The lowest BCUT2D eigenvalue weighted by Gasteiger charge is -2.05. The Hall–Kier alpha value is -2.43. The quantitative estimate of drug-likeness (QED) is 0.624. The van der Waals surface area contributed by atoms with Crippen LogP contribution in [0, 0.1) is 0 Å². The van der Waals surface area contributed by atoms with Crippen LogP contribution in [0.2, 0.25) is 0 Å².